The molecule has 14 heavy (non-hydrogen) atoms. The Kier molecular flexibility index (Phi) is 2.61. The van der Waals surface area contributed by atoms with Gasteiger partial charge in [0.05, 0.1) is 11.8 Å². The van der Waals surface area contributed by atoms with Crippen LogP contribution in [0.3, 0.4) is 0 Å². The summed E-state index contributed by atoms with van der Waals surface area (Å²) >= 11 is 1.42. The summed E-state index contributed by atoms with van der Waals surface area (Å²) in [5.74, 6) is 0. The molecule has 0 aliphatic carbocycles. The second kappa shape index (κ2) is 3.90. The van der Waals surface area contributed by atoms with E-state index in [1.165, 1.54) is 11.5 Å². The van der Waals surface area contributed by atoms with Gasteiger partial charge in [0.1, 0.15) is 0 Å². The molecule has 1 heterocycles. The minimum Gasteiger partial charge on any atom is -0.389 e. The van der Waals surface area contributed by atoms with E-state index in [9.17, 15) is 5.11 Å². The maximum Gasteiger partial charge on any atom is 0.0844 e. The number of benzene rings is 1. The summed E-state index contributed by atoms with van der Waals surface area (Å²) in [5.41, 5.74) is 2.88. The fourth-order valence-corrected chi connectivity index (χ4v) is 1.97. The van der Waals surface area contributed by atoms with Gasteiger partial charge in [0, 0.05) is 10.9 Å². The van der Waals surface area contributed by atoms with Gasteiger partial charge in [-0.05, 0) is 30.1 Å². The number of rotatable bonds is 2. The second-order valence-corrected chi connectivity index (χ2v) is 3.81. The maximum absolute atomic E-state index is 9.58. The van der Waals surface area contributed by atoms with Gasteiger partial charge in [-0.25, -0.2) is 0 Å². The van der Waals surface area contributed by atoms with Gasteiger partial charge in [0.15, 0.2) is 0 Å². The van der Waals surface area contributed by atoms with Gasteiger partial charge in [-0.3, -0.25) is 0 Å². The molecule has 2 nitrogen and oxygen atoms in total. The average Bonchev–Trinajstić information content (AvgIpc) is 2.70. The zero-order valence-electron chi connectivity index (χ0n) is 7.84. The van der Waals surface area contributed by atoms with Crippen LogP contribution in [-0.4, -0.2) is 9.48 Å². The predicted octanol–water partition coefficient (Wildman–Crippen LogP) is 2.86. The van der Waals surface area contributed by atoms with Crippen LogP contribution in [0.1, 0.15) is 18.6 Å². The molecule has 3 heteroatoms. The summed E-state index contributed by atoms with van der Waals surface area (Å²) < 4.78 is 4.26. The van der Waals surface area contributed by atoms with Crippen LogP contribution in [0.15, 0.2) is 35.7 Å². The fourth-order valence-electron chi connectivity index (χ4n) is 1.45. The van der Waals surface area contributed by atoms with Crippen molar-refractivity contribution >= 4 is 11.5 Å². The highest BCUT2D eigenvalue weighted by molar-refractivity contribution is 7.03. The molecule has 0 bridgehead atoms. The highest BCUT2D eigenvalue weighted by Crippen LogP contribution is 2.27. The summed E-state index contributed by atoms with van der Waals surface area (Å²) in [6.45, 7) is 1.77. The van der Waals surface area contributed by atoms with Gasteiger partial charge in [0.2, 0.25) is 0 Å². The van der Waals surface area contributed by atoms with Crippen molar-refractivity contribution in [1.29, 1.82) is 0 Å². The molecule has 0 saturated heterocycles. The van der Waals surface area contributed by atoms with E-state index < -0.39 is 6.10 Å². The number of aliphatic hydroxyl groups excluding tert-OH is 1. The third kappa shape index (κ3) is 1.69. The fraction of sp³-hybridized carbons (Fsp3) is 0.182. The Hall–Kier alpha value is -1.19. The first kappa shape index (κ1) is 9.37. The van der Waals surface area contributed by atoms with Crippen molar-refractivity contribution in [3.63, 3.8) is 0 Å². The van der Waals surface area contributed by atoms with Crippen molar-refractivity contribution in [1.82, 2.24) is 4.37 Å². The van der Waals surface area contributed by atoms with Crippen LogP contribution in [0, 0.1) is 0 Å². The Morgan fingerprint density at radius 3 is 2.71 bits per heavy atom. The molecule has 1 atom stereocenters. The van der Waals surface area contributed by atoms with Crippen LogP contribution in [-0.2, 0) is 0 Å². The standard InChI is InChI=1S/C11H11NOS/c1-8(13)9-4-2-3-5-10(9)11-6-7-14-12-11/h2-8,13H,1H3. The Bertz CT molecular complexity index is 409. The van der Waals surface area contributed by atoms with E-state index in [0.717, 1.165) is 16.8 Å². The minimum atomic E-state index is -0.451. The monoisotopic (exact) mass is 205 g/mol. The van der Waals surface area contributed by atoms with Crippen molar-refractivity contribution < 1.29 is 5.11 Å². The minimum absolute atomic E-state index is 0.451. The lowest BCUT2D eigenvalue weighted by atomic mass is 10.0. The Morgan fingerprint density at radius 2 is 2.07 bits per heavy atom. The second-order valence-electron chi connectivity index (χ2n) is 3.15. The van der Waals surface area contributed by atoms with Crippen molar-refractivity contribution in [3.05, 3.63) is 41.3 Å². The van der Waals surface area contributed by atoms with Gasteiger partial charge in [0.25, 0.3) is 0 Å². The van der Waals surface area contributed by atoms with Gasteiger partial charge < -0.3 is 5.11 Å². The maximum atomic E-state index is 9.58. The lowest BCUT2D eigenvalue weighted by molar-refractivity contribution is 0.200. The Balaban J connectivity index is 2.53. The zero-order valence-corrected chi connectivity index (χ0v) is 8.66. The number of aromatic nitrogens is 1. The highest BCUT2D eigenvalue weighted by atomic mass is 32.1. The molecule has 2 rings (SSSR count). The summed E-state index contributed by atoms with van der Waals surface area (Å²) in [4.78, 5) is 0. The van der Waals surface area contributed by atoms with Crippen molar-refractivity contribution in [2.75, 3.05) is 0 Å². The molecular weight excluding hydrogens is 194 g/mol. The number of hydrogen-bond acceptors (Lipinski definition) is 3. The van der Waals surface area contributed by atoms with Crippen LogP contribution in [0.5, 0.6) is 0 Å². The van der Waals surface area contributed by atoms with Crippen LogP contribution >= 0.6 is 11.5 Å². The number of hydrogen-bond donors (Lipinski definition) is 1. The molecule has 0 saturated carbocycles. The van der Waals surface area contributed by atoms with Crippen LogP contribution in [0.2, 0.25) is 0 Å². The molecule has 0 amide bonds. The molecule has 2 aromatic rings. The quantitative estimate of drug-likeness (QED) is 0.817. The molecule has 1 aromatic carbocycles. The molecular formula is C11H11NOS. The largest absolute Gasteiger partial charge is 0.389 e. The topological polar surface area (TPSA) is 33.1 Å². The third-order valence-electron chi connectivity index (χ3n) is 2.12. The average molecular weight is 205 g/mol. The molecule has 0 spiro atoms. The first-order chi connectivity index (χ1) is 6.79. The summed E-state index contributed by atoms with van der Waals surface area (Å²) in [5, 5.41) is 11.5. The van der Waals surface area contributed by atoms with Crippen LogP contribution in [0.25, 0.3) is 11.3 Å². The van der Waals surface area contributed by atoms with Gasteiger partial charge in [-0.2, -0.15) is 4.37 Å². The van der Waals surface area contributed by atoms with E-state index in [-0.39, 0.29) is 0 Å². The SMILES string of the molecule is CC(O)c1ccccc1-c1ccsn1. The van der Waals surface area contributed by atoms with E-state index in [2.05, 4.69) is 4.37 Å². The number of aliphatic hydroxyl groups is 1. The third-order valence-corrected chi connectivity index (χ3v) is 2.68. The van der Waals surface area contributed by atoms with Crippen molar-refractivity contribution in [2.24, 2.45) is 0 Å². The summed E-state index contributed by atoms with van der Waals surface area (Å²) in [7, 11) is 0. The van der Waals surface area contributed by atoms with E-state index in [1.54, 1.807) is 6.92 Å². The highest BCUT2D eigenvalue weighted by Gasteiger charge is 2.09. The van der Waals surface area contributed by atoms with Crippen molar-refractivity contribution in [3.8, 4) is 11.3 Å². The molecule has 0 radical (unpaired) electrons. The lowest BCUT2D eigenvalue weighted by Crippen LogP contribution is -1.94. The number of nitrogens with zero attached hydrogens (tertiary/aromatic N) is 1. The molecule has 72 valence electrons. The van der Waals surface area contributed by atoms with Gasteiger partial charge >= 0.3 is 0 Å². The lowest BCUT2D eigenvalue weighted by Gasteiger charge is -2.09. The predicted molar refractivity (Wildman–Crippen MR) is 58.2 cm³/mol. The van der Waals surface area contributed by atoms with E-state index >= 15 is 0 Å². The normalized spacial score (nSPS) is 12.7. The Labute approximate surface area is 87.0 Å². The van der Waals surface area contributed by atoms with Crippen LogP contribution < -0.4 is 0 Å². The van der Waals surface area contributed by atoms with Gasteiger partial charge in [-0.1, -0.05) is 24.3 Å². The van der Waals surface area contributed by atoms with E-state index in [1.807, 2.05) is 35.7 Å². The molecule has 0 aliphatic rings. The smallest absolute Gasteiger partial charge is 0.0844 e. The van der Waals surface area contributed by atoms with Crippen molar-refractivity contribution in [2.45, 2.75) is 13.0 Å². The zero-order chi connectivity index (χ0) is 9.97. The molecule has 1 aromatic heterocycles. The van der Waals surface area contributed by atoms with Gasteiger partial charge in [-0.15, -0.1) is 0 Å². The molecule has 1 unspecified atom stereocenters. The Morgan fingerprint density at radius 1 is 1.29 bits per heavy atom. The van der Waals surface area contributed by atoms with E-state index in [0.29, 0.717) is 0 Å². The molecule has 0 aliphatic heterocycles. The molecule has 0 fully saturated rings. The van der Waals surface area contributed by atoms with Crippen LogP contribution in [0.4, 0.5) is 0 Å². The van der Waals surface area contributed by atoms with E-state index in [4.69, 9.17) is 0 Å². The molecule has 1 N–H and O–H groups in total. The summed E-state index contributed by atoms with van der Waals surface area (Å²) in [6.07, 6.45) is -0.451. The summed E-state index contributed by atoms with van der Waals surface area (Å²) in [6, 6.07) is 9.76. The first-order valence-corrected chi connectivity index (χ1v) is 5.30. The first-order valence-electron chi connectivity index (χ1n) is 4.47.